The van der Waals surface area contributed by atoms with Crippen molar-refractivity contribution in [1.82, 2.24) is 0 Å². The molecule has 0 radical (unpaired) electrons. The summed E-state index contributed by atoms with van der Waals surface area (Å²) in [5.41, 5.74) is 0.874. The molecule has 1 aromatic carbocycles. The van der Waals surface area contributed by atoms with E-state index in [0.29, 0.717) is 5.75 Å². The van der Waals surface area contributed by atoms with E-state index in [-0.39, 0.29) is 0 Å². The van der Waals surface area contributed by atoms with E-state index in [0.717, 1.165) is 24.3 Å². The number of unbranched alkanes of at least 4 members (excludes halogenated alkanes) is 13. The zero-order valence-electron chi connectivity index (χ0n) is 16.7. The lowest BCUT2D eigenvalue weighted by Crippen LogP contribution is -1.97. The Labute approximate surface area is 156 Å². The maximum Gasteiger partial charge on any atom is 0.119 e. The van der Waals surface area contributed by atoms with Crippen molar-refractivity contribution in [2.45, 2.75) is 104 Å². The van der Waals surface area contributed by atoms with Gasteiger partial charge < -0.3 is 9.84 Å². The van der Waals surface area contributed by atoms with Crippen LogP contribution in [0.1, 0.15) is 102 Å². The third kappa shape index (κ3) is 11.9. The molecule has 0 saturated heterocycles. The third-order valence-corrected chi connectivity index (χ3v) is 4.93. The molecule has 0 unspecified atom stereocenters. The topological polar surface area (TPSA) is 29.5 Å². The van der Waals surface area contributed by atoms with Gasteiger partial charge in [-0.2, -0.15) is 0 Å². The number of phenols is 1. The SMILES string of the molecule is CCCCCCCCCCCCCCCCOc1ccc(O)c(C)c1. The number of ether oxygens (including phenoxy) is 1. The Balaban J connectivity index is 1.81. The highest BCUT2D eigenvalue weighted by Crippen LogP contribution is 2.22. The molecule has 25 heavy (non-hydrogen) atoms. The fraction of sp³-hybridized carbons (Fsp3) is 0.739. The van der Waals surface area contributed by atoms with Crippen LogP contribution in [-0.4, -0.2) is 11.7 Å². The molecule has 0 atom stereocenters. The molecule has 0 saturated carbocycles. The highest BCUT2D eigenvalue weighted by Gasteiger charge is 1.99. The molecule has 0 aliphatic carbocycles. The molecule has 1 rings (SSSR count). The minimum atomic E-state index is 0.337. The molecule has 1 N–H and O–H groups in total. The Bertz CT molecular complexity index is 428. The summed E-state index contributed by atoms with van der Waals surface area (Å²) < 4.78 is 5.74. The average molecular weight is 349 g/mol. The van der Waals surface area contributed by atoms with Crippen LogP contribution in [0.3, 0.4) is 0 Å². The van der Waals surface area contributed by atoms with Crippen LogP contribution in [0.25, 0.3) is 0 Å². The first-order valence-corrected chi connectivity index (χ1v) is 10.7. The number of hydrogen-bond acceptors (Lipinski definition) is 2. The van der Waals surface area contributed by atoms with Crippen LogP contribution >= 0.6 is 0 Å². The fourth-order valence-electron chi connectivity index (χ4n) is 3.20. The summed E-state index contributed by atoms with van der Waals surface area (Å²) in [6.07, 6.45) is 19.3. The molecule has 0 fully saturated rings. The van der Waals surface area contributed by atoms with E-state index in [1.54, 1.807) is 6.07 Å². The lowest BCUT2D eigenvalue weighted by atomic mass is 10.0. The molecule has 0 amide bonds. The number of phenolic OH excluding ortho intramolecular Hbond substituents is 1. The standard InChI is InChI=1S/C23H40O2/c1-3-4-5-6-7-8-9-10-11-12-13-14-15-16-19-25-22-17-18-23(24)21(2)20-22/h17-18,20,24H,3-16,19H2,1-2H3. The minimum absolute atomic E-state index is 0.337. The second-order valence-electron chi connectivity index (χ2n) is 7.39. The van der Waals surface area contributed by atoms with Gasteiger partial charge >= 0.3 is 0 Å². The molecule has 2 heteroatoms. The first-order chi connectivity index (χ1) is 12.2. The Morgan fingerprint density at radius 1 is 0.720 bits per heavy atom. The predicted molar refractivity (Wildman–Crippen MR) is 109 cm³/mol. The fourth-order valence-corrected chi connectivity index (χ4v) is 3.20. The van der Waals surface area contributed by atoms with Crippen LogP contribution in [0.5, 0.6) is 11.5 Å². The third-order valence-electron chi connectivity index (χ3n) is 4.93. The van der Waals surface area contributed by atoms with Gasteiger partial charge in [-0.05, 0) is 37.1 Å². The van der Waals surface area contributed by atoms with Crippen LogP contribution in [0.4, 0.5) is 0 Å². The summed E-state index contributed by atoms with van der Waals surface area (Å²) >= 11 is 0. The van der Waals surface area contributed by atoms with E-state index in [1.807, 2.05) is 19.1 Å². The normalized spacial score (nSPS) is 11.0. The first kappa shape index (κ1) is 21.9. The van der Waals surface area contributed by atoms with Gasteiger partial charge in [-0.1, -0.05) is 90.4 Å². The second-order valence-corrected chi connectivity index (χ2v) is 7.39. The molecule has 0 aliphatic heterocycles. The van der Waals surface area contributed by atoms with Crippen LogP contribution in [-0.2, 0) is 0 Å². The van der Waals surface area contributed by atoms with E-state index in [4.69, 9.17) is 4.74 Å². The van der Waals surface area contributed by atoms with Crippen molar-refractivity contribution < 1.29 is 9.84 Å². The van der Waals surface area contributed by atoms with Gasteiger partial charge in [0, 0.05) is 0 Å². The van der Waals surface area contributed by atoms with E-state index in [1.165, 1.54) is 83.5 Å². The summed E-state index contributed by atoms with van der Waals surface area (Å²) in [4.78, 5) is 0. The predicted octanol–water partition coefficient (Wildman–Crippen LogP) is 7.56. The van der Waals surface area contributed by atoms with Crippen molar-refractivity contribution in [3.05, 3.63) is 23.8 Å². The van der Waals surface area contributed by atoms with Crippen molar-refractivity contribution in [3.8, 4) is 11.5 Å². The highest BCUT2D eigenvalue weighted by atomic mass is 16.5. The van der Waals surface area contributed by atoms with Crippen molar-refractivity contribution in [3.63, 3.8) is 0 Å². The van der Waals surface area contributed by atoms with Gasteiger partial charge in [0.25, 0.3) is 0 Å². The number of rotatable bonds is 16. The molecule has 0 spiro atoms. The van der Waals surface area contributed by atoms with E-state index >= 15 is 0 Å². The maximum absolute atomic E-state index is 9.49. The number of aryl methyl sites for hydroxylation is 1. The number of benzene rings is 1. The smallest absolute Gasteiger partial charge is 0.119 e. The van der Waals surface area contributed by atoms with Crippen LogP contribution in [0.15, 0.2) is 18.2 Å². The van der Waals surface area contributed by atoms with Gasteiger partial charge in [0.2, 0.25) is 0 Å². The van der Waals surface area contributed by atoms with Crippen molar-refractivity contribution in [2.24, 2.45) is 0 Å². The largest absolute Gasteiger partial charge is 0.508 e. The van der Waals surface area contributed by atoms with Gasteiger partial charge in [-0.15, -0.1) is 0 Å². The Hall–Kier alpha value is -1.18. The summed E-state index contributed by atoms with van der Waals surface area (Å²) in [5.74, 6) is 1.20. The van der Waals surface area contributed by atoms with E-state index < -0.39 is 0 Å². The lowest BCUT2D eigenvalue weighted by Gasteiger charge is -2.08. The van der Waals surface area contributed by atoms with E-state index in [2.05, 4.69) is 6.92 Å². The van der Waals surface area contributed by atoms with Crippen LogP contribution in [0, 0.1) is 6.92 Å². The molecule has 0 bridgehead atoms. The average Bonchev–Trinajstić information content (AvgIpc) is 2.61. The maximum atomic E-state index is 9.49. The van der Waals surface area contributed by atoms with Gasteiger partial charge in [0.1, 0.15) is 11.5 Å². The zero-order chi connectivity index (χ0) is 18.2. The molecule has 0 aliphatic rings. The van der Waals surface area contributed by atoms with E-state index in [9.17, 15) is 5.11 Å². The molecular formula is C23H40O2. The molecule has 144 valence electrons. The second kappa shape index (κ2) is 15.1. The minimum Gasteiger partial charge on any atom is -0.508 e. The van der Waals surface area contributed by atoms with Gasteiger partial charge in [0.05, 0.1) is 6.61 Å². The summed E-state index contributed by atoms with van der Waals surface area (Å²) in [6, 6.07) is 5.45. The van der Waals surface area contributed by atoms with Crippen LogP contribution < -0.4 is 4.74 Å². The van der Waals surface area contributed by atoms with Crippen molar-refractivity contribution in [2.75, 3.05) is 6.61 Å². The monoisotopic (exact) mass is 348 g/mol. The Morgan fingerprint density at radius 3 is 1.68 bits per heavy atom. The Morgan fingerprint density at radius 2 is 1.20 bits per heavy atom. The first-order valence-electron chi connectivity index (χ1n) is 10.7. The molecule has 1 aromatic rings. The zero-order valence-corrected chi connectivity index (χ0v) is 16.7. The quantitative estimate of drug-likeness (QED) is 0.312. The van der Waals surface area contributed by atoms with Crippen molar-refractivity contribution in [1.29, 1.82) is 0 Å². The number of hydrogen-bond donors (Lipinski definition) is 1. The summed E-state index contributed by atoms with van der Waals surface area (Å²) in [5, 5.41) is 9.49. The van der Waals surface area contributed by atoms with Crippen molar-refractivity contribution >= 4 is 0 Å². The van der Waals surface area contributed by atoms with Gasteiger partial charge in [-0.25, -0.2) is 0 Å². The molecular weight excluding hydrogens is 308 g/mol. The highest BCUT2D eigenvalue weighted by molar-refractivity contribution is 5.38. The molecule has 0 aromatic heterocycles. The Kier molecular flexibility index (Phi) is 13.2. The lowest BCUT2D eigenvalue weighted by molar-refractivity contribution is 0.303. The van der Waals surface area contributed by atoms with Gasteiger partial charge in [0.15, 0.2) is 0 Å². The molecule has 0 heterocycles. The van der Waals surface area contributed by atoms with Gasteiger partial charge in [-0.3, -0.25) is 0 Å². The number of aromatic hydroxyl groups is 1. The van der Waals surface area contributed by atoms with Crippen LogP contribution in [0.2, 0.25) is 0 Å². The molecule has 2 nitrogen and oxygen atoms in total. The summed E-state index contributed by atoms with van der Waals surface area (Å²) in [7, 11) is 0. The summed E-state index contributed by atoms with van der Waals surface area (Å²) in [6.45, 7) is 4.96.